The van der Waals surface area contributed by atoms with Crippen molar-refractivity contribution in [3.05, 3.63) is 72.9 Å². The predicted molar refractivity (Wildman–Crippen MR) is 100 cm³/mol. The molecule has 0 atom stereocenters. The van der Waals surface area contributed by atoms with Crippen LogP contribution < -0.4 is 11.0 Å². The van der Waals surface area contributed by atoms with Crippen LogP contribution in [0.2, 0.25) is 10.0 Å². The highest BCUT2D eigenvalue weighted by Crippen LogP contribution is 2.33. The molecule has 146 valence electrons. The number of hydrogen-bond donors (Lipinski definition) is 1. The van der Waals surface area contributed by atoms with Crippen molar-refractivity contribution in [2.75, 3.05) is 5.32 Å². The number of anilines is 2. The van der Waals surface area contributed by atoms with Gasteiger partial charge in [0.15, 0.2) is 0 Å². The van der Waals surface area contributed by atoms with Gasteiger partial charge in [0, 0.05) is 17.8 Å². The molecule has 1 heterocycles. The van der Waals surface area contributed by atoms with Crippen molar-refractivity contribution in [2.24, 2.45) is 0 Å². The molecule has 0 aliphatic heterocycles. The fourth-order valence-corrected chi connectivity index (χ4v) is 2.99. The summed E-state index contributed by atoms with van der Waals surface area (Å²) >= 11 is 12.3. The van der Waals surface area contributed by atoms with E-state index in [1.807, 2.05) is 0 Å². The highest BCUT2D eigenvalue weighted by atomic mass is 35.5. The molecule has 0 aliphatic rings. The van der Waals surface area contributed by atoms with Crippen LogP contribution in [0.5, 0.6) is 0 Å². The Morgan fingerprint density at radius 1 is 1.18 bits per heavy atom. The van der Waals surface area contributed by atoms with Crippen molar-refractivity contribution in [1.82, 2.24) is 14.3 Å². The molecule has 3 rings (SSSR count). The summed E-state index contributed by atoms with van der Waals surface area (Å²) in [6.45, 7) is -1.78. The Hall–Kier alpha value is -2.98. The minimum absolute atomic E-state index is 0.0280. The fourth-order valence-electron chi connectivity index (χ4n) is 2.48. The van der Waals surface area contributed by atoms with Crippen LogP contribution in [0.15, 0.2) is 41.2 Å². The minimum atomic E-state index is -3.05. The van der Waals surface area contributed by atoms with Crippen LogP contribution in [-0.4, -0.2) is 19.3 Å². The molecule has 0 spiro atoms. The van der Waals surface area contributed by atoms with Gasteiger partial charge in [0.2, 0.25) is 0 Å². The number of aromatic nitrogens is 3. The Kier molecular flexibility index (Phi) is 5.34. The third-order valence-electron chi connectivity index (χ3n) is 3.80. The molecule has 8 nitrogen and oxygen atoms in total. The number of alkyl halides is 2. The van der Waals surface area contributed by atoms with Gasteiger partial charge in [0.1, 0.15) is 5.82 Å². The molecular formula is C16H11Cl2F2N5O3. The first-order valence-electron chi connectivity index (χ1n) is 7.66. The molecule has 28 heavy (non-hydrogen) atoms. The Bertz CT molecular complexity index is 1110. The number of halogens is 4. The lowest BCUT2D eigenvalue weighted by atomic mass is 10.2. The van der Waals surface area contributed by atoms with Crippen LogP contribution in [0.1, 0.15) is 12.4 Å². The number of nitro benzene ring substituents is 1. The van der Waals surface area contributed by atoms with Crippen LogP contribution in [-0.2, 0) is 0 Å². The first kappa shape index (κ1) is 19.8. The summed E-state index contributed by atoms with van der Waals surface area (Å²) in [4.78, 5) is 22.4. The van der Waals surface area contributed by atoms with Crippen LogP contribution in [0.4, 0.5) is 25.8 Å². The zero-order valence-electron chi connectivity index (χ0n) is 14.1. The second kappa shape index (κ2) is 7.56. The summed E-state index contributed by atoms with van der Waals surface area (Å²) in [6, 6.07) is 8.22. The Morgan fingerprint density at radius 2 is 1.82 bits per heavy atom. The molecule has 1 N–H and O–H groups in total. The maximum atomic E-state index is 13.0. The van der Waals surface area contributed by atoms with E-state index < -0.39 is 17.2 Å². The number of rotatable bonds is 5. The average Bonchev–Trinajstić information content (AvgIpc) is 2.92. The lowest BCUT2D eigenvalue weighted by Crippen LogP contribution is -2.25. The minimum Gasteiger partial charge on any atom is -0.354 e. The lowest BCUT2D eigenvalue weighted by molar-refractivity contribution is -0.384. The van der Waals surface area contributed by atoms with E-state index in [9.17, 15) is 23.7 Å². The number of aryl methyl sites for hydroxylation is 1. The second-order valence-corrected chi connectivity index (χ2v) is 6.42. The van der Waals surface area contributed by atoms with Crippen LogP contribution in [0.3, 0.4) is 0 Å². The quantitative estimate of drug-likeness (QED) is 0.468. The SMILES string of the molecule is Cc1nn(-c2cc(Nc3ccc([N+](=O)[O-])cc3)c(Cl)cc2Cl)c(=O)n1C(F)F. The second-order valence-electron chi connectivity index (χ2n) is 5.60. The number of non-ortho nitro benzene ring substituents is 1. The molecule has 1 aromatic heterocycles. The zero-order chi connectivity index (χ0) is 20.6. The lowest BCUT2D eigenvalue weighted by Gasteiger charge is -2.12. The van der Waals surface area contributed by atoms with Gasteiger partial charge >= 0.3 is 12.2 Å². The van der Waals surface area contributed by atoms with Gasteiger partial charge in [0.25, 0.3) is 5.69 Å². The summed E-state index contributed by atoms with van der Waals surface area (Å²) in [5.41, 5.74) is -0.331. The van der Waals surface area contributed by atoms with Gasteiger partial charge in [-0.1, -0.05) is 23.2 Å². The van der Waals surface area contributed by atoms with Gasteiger partial charge in [-0.25, -0.2) is 9.36 Å². The zero-order valence-corrected chi connectivity index (χ0v) is 15.6. The Morgan fingerprint density at radius 3 is 2.36 bits per heavy atom. The maximum Gasteiger partial charge on any atom is 0.355 e. The van der Waals surface area contributed by atoms with Gasteiger partial charge in [-0.3, -0.25) is 10.1 Å². The van der Waals surface area contributed by atoms with Gasteiger partial charge in [-0.05, 0) is 31.2 Å². The maximum absolute atomic E-state index is 13.0. The molecular weight excluding hydrogens is 419 g/mol. The molecule has 3 aromatic rings. The summed E-state index contributed by atoms with van der Waals surface area (Å²) < 4.78 is 27.0. The van der Waals surface area contributed by atoms with E-state index in [1.165, 1.54) is 43.3 Å². The van der Waals surface area contributed by atoms with Crippen molar-refractivity contribution in [1.29, 1.82) is 0 Å². The third kappa shape index (κ3) is 3.69. The van der Waals surface area contributed by atoms with E-state index in [1.54, 1.807) is 0 Å². The topological polar surface area (TPSA) is 95.0 Å². The van der Waals surface area contributed by atoms with Crippen LogP contribution in [0, 0.1) is 17.0 Å². The van der Waals surface area contributed by atoms with E-state index in [0.717, 1.165) is 4.68 Å². The van der Waals surface area contributed by atoms with E-state index >= 15 is 0 Å². The van der Waals surface area contributed by atoms with E-state index in [0.29, 0.717) is 11.4 Å². The molecule has 0 radical (unpaired) electrons. The number of benzene rings is 2. The van der Waals surface area contributed by atoms with E-state index in [-0.39, 0.29) is 31.8 Å². The molecule has 2 aromatic carbocycles. The molecule has 0 saturated heterocycles. The predicted octanol–water partition coefficient (Wildman–Crippen LogP) is 4.70. The van der Waals surface area contributed by atoms with Crippen molar-refractivity contribution in [3.8, 4) is 5.69 Å². The van der Waals surface area contributed by atoms with Gasteiger partial charge in [0.05, 0.1) is 26.3 Å². The summed E-state index contributed by atoms with van der Waals surface area (Å²) in [5.74, 6) is -0.184. The van der Waals surface area contributed by atoms with E-state index in [4.69, 9.17) is 23.2 Å². The number of nitro groups is 1. The fraction of sp³-hybridized carbons (Fsp3) is 0.125. The molecule has 0 bridgehead atoms. The van der Waals surface area contributed by atoms with Crippen molar-refractivity contribution in [3.63, 3.8) is 0 Å². The highest BCUT2D eigenvalue weighted by molar-refractivity contribution is 6.37. The summed E-state index contributed by atoms with van der Waals surface area (Å²) in [5, 5.41) is 17.7. The third-order valence-corrected chi connectivity index (χ3v) is 4.41. The van der Waals surface area contributed by atoms with Crippen molar-refractivity contribution in [2.45, 2.75) is 13.5 Å². The molecule has 0 saturated carbocycles. The standard InChI is InChI=1S/C16H11Cl2F2N5O3/c1-8-22-24(16(26)23(8)15(19)20)14-7-13(11(17)6-12(14)18)21-9-2-4-10(5-3-9)25(27)28/h2-7,15,21H,1H3. The van der Waals surface area contributed by atoms with Crippen molar-refractivity contribution < 1.29 is 13.7 Å². The Labute approximate surface area is 166 Å². The Balaban J connectivity index is 2.03. The molecule has 0 aliphatic carbocycles. The van der Waals surface area contributed by atoms with Gasteiger partial charge in [-0.2, -0.15) is 13.5 Å². The van der Waals surface area contributed by atoms with Crippen LogP contribution >= 0.6 is 23.2 Å². The molecule has 0 unspecified atom stereocenters. The molecule has 0 fully saturated rings. The average molecular weight is 430 g/mol. The first-order valence-corrected chi connectivity index (χ1v) is 8.42. The number of nitrogens with one attached hydrogen (secondary N) is 1. The largest absolute Gasteiger partial charge is 0.355 e. The summed E-state index contributed by atoms with van der Waals surface area (Å²) in [6.07, 6.45) is 0. The first-order chi connectivity index (χ1) is 13.2. The monoisotopic (exact) mass is 429 g/mol. The molecule has 12 heteroatoms. The van der Waals surface area contributed by atoms with Crippen LogP contribution in [0.25, 0.3) is 5.69 Å². The van der Waals surface area contributed by atoms with Gasteiger partial charge in [-0.15, -0.1) is 5.10 Å². The van der Waals surface area contributed by atoms with Crippen molar-refractivity contribution >= 4 is 40.3 Å². The van der Waals surface area contributed by atoms with Gasteiger partial charge < -0.3 is 5.32 Å². The normalized spacial score (nSPS) is 11.1. The smallest absolute Gasteiger partial charge is 0.354 e. The molecule has 0 amide bonds. The van der Waals surface area contributed by atoms with E-state index in [2.05, 4.69) is 10.4 Å². The summed E-state index contributed by atoms with van der Waals surface area (Å²) in [7, 11) is 0. The number of hydrogen-bond acceptors (Lipinski definition) is 5. The highest BCUT2D eigenvalue weighted by Gasteiger charge is 2.20. The number of nitrogens with zero attached hydrogens (tertiary/aromatic N) is 4.